The van der Waals surface area contributed by atoms with Gasteiger partial charge >= 0.3 is 5.97 Å². The molecule has 0 aromatic heterocycles. The number of carbonyl (C=O) groups excluding carboxylic acids is 1. The van der Waals surface area contributed by atoms with Gasteiger partial charge < -0.3 is 10.1 Å². The fourth-order valence-electron chi connectivity index (χ4n) is 2.51. The minimum Gasteiger partial charge on any atom is -0.469 e. The smallest absolute Gasteiger partial charge is 0.305 e. The lowest BCUT2D eigenvalue weighted by Crippen LogP contribution is -2.37. The van der Waals surface area contributed by atoms with Crippen LogP contribution in [-0.4, -0.2) is 25.7 Å². The fraction of sp³-hybridized carbons (Fsp3) is 0.923. The molecule has 1 fully saturated rings. The van der Waals surface area contributed by atoms with Crippen molar-refractivity contribution in [3.8, 4) is 0 Å². The average Bonchev–Trinajstić information content (AvgIpc) is 2.22. The summed E-state index contributed by atoms with van der Waals surface area (Å²) in [5.74, 6) is -0.106. The van der Waals surface area contributed by atoms with Crippen molar-refractivity contribution in [2.45, 2.75) is 58.4 Å². The molecule has 0 bridgehead atoms. The van der Waals surface area contributed by atoms with Gasteiger partial charge in [-0.3, -0.25) is 4.79 Å². The van der Waals surface area contributed by atoms with Crippen LogP contribution in [0.25, 0.3) is 0 Å². The van der Waals surface area contributed by atoms with E-state index in [0.29, 0.717) is 17.9 Å². The summed E-state index contributed by atoms with van der Waals surface area (Å²) in [6.07, 6.45) is 6.60. The zero-order chi connectivity index (χ0) is 12.0. The minimum absolute atomic E-state index is 0.106. The molecule has 1 aliphatic carbocycles. The topological polar surface area (TPSA) is 38.3 Å². The van der Waals surface area contributed by atoms with Gasteiger partial charge in [-0.25, -0.2) is 0 Å². The monoisotopic (exact) mass is 227 g/mol. The quantitative estimate of drug-likeness (QED) is 0.579. The molecule has 94 valence electrons. The van der Waals surface area contributed by atoms with E-state index in [4.69, 9.17) is 0 Å². The first-order chi connectivity index (χ1) is 7.53. The highest BCUT2D eigenvalue weighted by atomic mass is 16.5. The minimum atomic E-state index is -0.106. The maximum absolute atomic E-state index is 10.9. The van der Waals surface area contributed by atoms with Crippen molar-refractivity contribution in [1.29, 1.82) is 0 Å². The molecule has 3 heteroatoms. The molecule has 16 heavy (non-hydrogen) atoms. The number of hydrogen-bond donors (Lipinski definition) is 1. The van der Waals surface area contributed by atoms with Gasteiger partial charge in [-0.1, -0.05) is 20.3 Å². The largest absolute Gasteiger partial charge is 0.469 e. The third kappa shape index (κ3) is 4.97. The van der Waals surface area contributed by atoms with Crippen LogP contribution in [0.2, 0.25) is 0 Å². The Bertz CT molecular complexity index is 226. The molecule has 1 saturated carbocycles. The van der Waals surface area contributed by atoms with E-state index in [1.165, 1.54) is 32.8 Å². The van der Waals surface area contributed by atoms with Crippen LogP contribution in [0.4, 0.5) is 0 Å². The molecule has 0 saturated heterocycles. The summed E-state index contributed by atoms with van der Waals surface area (Å²) in [7, 11) is 1.44. The van der Waals surface area contributed by atoms with Crippen molar-refractivity contribution in [3.63, 3.8) is 0 Å². The van der Waals surface area contributed by atoms with Crippen LogP contribution in [0.5, 0.6) is 0 Å². The molecule has 3 nitrogen and oxygen atoms in total. The molecule has 1 N–H and O–H groups in total. The Labute approximate surface area is 98.9 Å². The van der Waals surface area contributed by atoms with Crippen LogP contribution in [0, 0.1) is 5.41 Å². The van der Waals surface area contributed by atoms with Crippen molar-refractivity contribution in [1.82, 2.24) is 5.32 Å². The molecule has 1 aliphatic rings. The van der Waals surface area contributed by atoms with Crippen molar-refractivity contribution < 1.29 is 9.53 Å². The lowest BCUT2D eigenvalue weighted by molar-refractivity contribution is -0.140. The van der Waals surface area contributed by atoms with Crippen molar-refractivity contribution in [3.05, 3.63) is 0 Å². The van der Waals surface area contributed by atoms with Gasteiger partial charge in [0, 0.05) is 12.5 Å². The van der Waals surface area contributed by atoms with E-state index in [0.717, 1.165) is 13.0 Å². The third-order valence-corrected chi connectivity index (χ3v) is 3.42. The van der Waals surface area contributed by atoms with E-state index >= 15 is 0 Å². The second-order valence-corrected chi connectivity index (χ2v) is 5.59. The molecule has 0 spiro atoms. The summed E-state index contributed by atoms with van der Waals surface area (Å²) in [4.78, 5) is 10.9. The highest BCUT2D eigenvalue weighted by Gasteiger charge is 2.27. The summed E-state index contributed by atoms with van der Waals surface area (Å²) < 4.78 is 4.61. The zero-order valence-corrected chi connectivity index (χ0v) is 10.8. The number of methoxy groups -OCH3 is 1. The summed E-state index contributed by atoms with van der Waals surface area (Å²) >= 11 is 0. The molecule has 0 aliphatic heterocycles. The number of ether oxygens (including phenoxy) is 1. The van der Waals surface area contributed by atoms with Gasteiger partial charge in [0.1, 0.15) is 0 Å². The second-order valence-electron chi connectivity index (χ2n) is 5.59. The predicted octanol–water partition coefficient (Wildman–Crippen LogP) is 2.50. The van der Waals surface area contributed by atoms with Crippen LogP contribution in [0.3, 0.4) is 0 Å². The molecular weight excluding hydrogens is 202 g/mol. The molecule has 1 unspecified atom stereocenters. The highest BCUT2D eigenvalue weighted by molar-refractivity contribution is 5.69. The summed E-state index contributed by atoms with van der Waals surface area (Å²) in [5, 5.41) is 3.55. The molecule has 0 heterocycles. The maximum Gasteiger partial charge on any atom is 0.305 e. The zero-order valence-electron chi connectivity index (χ0n) is 10.8. The van der Waals surface area contributed by atoms with Crippen LogP contribution in [-0.2, 0) is 9.53 Å². The first kappa shape index (κ1) is 13.5. The first-order valence-corrected chi connectivity index (χ1v) is 6.34. The number of rotatable bonds is 5. The third-order valence-electron chi connectivity index (χ3n) is 3.42. The lowest BCUT2D eigenvalue weighted by atomic mass is 9.75. The Kier molecular flexibility index (Phi) is 5.26. The standard InChI is InChI=1S/C13H25NO2/c1-13(2)8-4-6-11(10-13)14-9-5-7-12(15)16-3/h11,14H,4-10H2,1-3H3. The Hall–Kier alpha value is -0.570. The Morgan fingerprint density at radius 3 is 2.88 bits per heavy atom. The summed E-state index contributed by atoms with van der Waals surface area (Å²) in [6, 6.07) is 0.640. The van der Waals surface area contributed by atoms with Gasteiger partial charge in [-0.2, -0.15) is 0 Å². The maximum atomic E-state index is 10.9. The molecule has 0 amide bonds. The molecular formula is C13H25NO2. The van der Waals surface area contributed by atoms with Crippen LogP contribution >= 0.6 is 0 Å². The molecule has 0 aromatic carbocycles. The Morgan fingerprint density at radius 2 is 2.25 bits per heavy atom. The highest BCUT2D eigenvalue weighted by Crippen LogP contribution is 2.34. The summed E-state index contributed by atoms with van der Waals surface area (Å²) in [6.45, 7) is 5.61. The Balaban J connectivity index is 2.11. The van der Waals surface area contributed by atoms with Crippen LogP contribution in [0.15, 0.2) is 0 Å². The van der Waals surface area contributed by atoms with Gasteiger partial charge in [0.2, 0.25) is 0 Å². The molecule has 0 aromatic rings. The van der Waals surface area contributed by atoms with Gasteiger partial charge in [0.05, 0.1) is 7.11 Å². The van der Waals surface area contributed by atoms with Gasteiger partial charge in [0.15, 0.2) is 0 Å². The molecule has 1 rings (SSSR count). The van der Waals surface area contributed by atoms with Gasteiger partial charge in [-0.15, -0.1) is 0 Å². The van der Waals surface area contributed by atoms with Crippen molar-refractivity contribution in [2.24, 2.45) is 5.41 Å². The number of hydrogen-bond acceptors (Lipinski definition) is 3. The number of esters is 1. The van der Waals surface area contributed by atoms with Crippen molar-refractivity contribution >= 4 is 5.97 Å². The SMILES string of the molecule is COC(=O)CCCNC1CCCC(C)(C)C1. The van der Waals surface area contributed by atoms with Gasteiger partial charge in [0.25, 0.3) is 0 Å². The van der Waals surface area contributed by atoms with Crippen molar-refractivity contribution in [2.75, 3.05) is 13.7 Å². The molecule has 1 atom stereocenters. The van der Waals surface area contributed by atoms with E-state index in [2.05, 4.69) is 23.9 Å². The van der Waals surface area contributed by atoms with E-state index in [1.54, 1.807) is 0 Å². The van der Waals surface area contributed by atoms with Crippen LogP contribution in [0.1, 0.15) is 52.4 Å². The van der Waals surface area contributed by atoms with E-state index in [-0.39, 0.29) is 5.97 Å². The summed E-state index contributed by atoms with van der Waals surface area (Å²) in [5.41, 5.74) is 0.484. The predicted molar refractivity (Wildman–Crippen MR) is 65.3 cm³/mol. The lowest BCUT2D eigenvalue weighted by Gasteiger charge is -2.35. The molecule has 0 radical (unpaired) electrons. The second kappa shape index (κ2) is 6.24. The average molecular weight is 227 g/mol. The first-order valence-electron chi connectivity index (χ1n) is 6.34. The van der Waals surface area contributed by atoms with E-state index < -0.39 is 0 Å². The number of nitrogens with one attached hydrogen (secondary N) is 1. The van der Waals surface area contributed by atoms with Gasteiger partial charge in [-0.05, 0) is 37.6 Å². The normalized spacial score (nSPS) is 24.1. The van der Waals surface area contributed by atoms with E-state index in [9.17, 15) is 4.79 Å². The Morgan fingerprint density at radius 1 is 1.50 bits per heavy atom. The number of carbonyl (C=O) groups is 1. The van der Waals surface area contributed by atoms with Crippen LogP contribution < -0.4 is 5.32 Å². The van der Waals surface area contributed by atoms with E-state index in [1.807, 2.05) is 0 Å². The fourth-order valence-corrected chi connectivity index (χ4v) is 2.51.